The van der Waals surface area contributed by atoms with E-state index in [1.54, 1.807) is 0 Å². The maximum absolute atomic E-state index is 11.4. The zero-order valence-corrected chi connectivity index (χ0v) is 10.9. The zero-order valence-electron chi connectivity index (χ0n) is 10.0. The smallest absolute Gasteiger partial charge is 0.350 e. The van der Waals surface area contributed by atoms with Gasteiger partial charge in [0.15, 0.2) is 0 Å². The molecular weight excluding hydrogens is 238 g/mol. The van der Waals surface area contributed by atoms with Crippen molar-refractivity contribution < 1.29 is 9.53 Å². The van der Waals surface area contributed by atoms with Gasteiger partial charge in [-0.1, -0.05) is 13.8 Å². The molecule has 0 fully saturated rings. The van der Waals surface area contributed by atoms with E-state index in [1.165, 1.54) is 7.11 Å². The van der Waals surface area contributed by atoms with Crippen LogP contribution in [0.4, 0.5) is 10.7 Å². The lowest BCUT2D eigenvalue weighted by molar-refractivity contribution is 0.0607. The highest BCUT2D eigenvalue weighted by Crippen LogP contribution is 2.35. The Kier molecular flexibility index (Phi) is 4.35. The van der Waals surface area contributed by atoms with Crippen LogP contribution in [0.15, 0.2) is 0 Å². The summed E-state index contributed by atoms with van der Waals surface area (Å²) < 4.78 is 4.61. The Hall–Kier alpha value is -1.74. The summed E-state index contributed by atoms with van der Waals surface area (Å²) in [6.07, 6.45) is 0. The average molecular weight is 253 g/mol. The molecule has 0 aliphatic rings. The molecule has 0 bridgehead atoms. The number of methoxy groups -OCH3 is 1. The van der Waals surface area contributed by atoms with Gasteiger partial charge in [0.2, 0.25) is 0 Å². The first-order chi connectivity index (χ1) is 8.01. The van der Waals surface area contributed by atoms with Crippen molar-refractivity contribution in [2.75, 3.05) is 24.7 Å². The highest BCUT2D eigenvalue weighted by Gasteiger charge is 2.21. The number of anilines is 2. The first-order valence-corrected chi connectivity index (χ1v) is 5.97. The normalized spacial score (nSPS) is 10.1. The average Bonchev–Trinajstić information content (AvgIpc) is 2.62. The monoisotopic (exact) mass is 253 g/mol. The van der Waals surface area contributed by atoms with E-state index in [-0.39, 0.29) is 10.6 Å². The summed E-state index contributed by atoms with van der Waals surface area (Å²) in [5.74, 6) is -0.0759. The second kappa shape index (κ2) is 5.55. The molecule has 0 amide bonds. The molecule has 1 rings (SSSR count). The molecule has 0 atom stereocenters. The molecular formula is C11H15N3O2S. The number of hydrogen-bond donors (Lipinski definition) is 2. The summed E-state index contributed by atoms with van der Waals surface area (Å²) in [6, 6.07) is 2.00. The number of thiophene rings is 1. The van der Waals surface area contributed by atoms with Gasteiger partial charge in [0.25, 0.3) is 0 Å². The van der Waals surface area contributed by atoms with Crippen molar-refractivity contribution >= 4 is 28.0 Å². The Labute approximate surface area is 104 Å². The molecule has 1 heterocycles. The highest BCUT2D eigenvalue weighted by molar-refractivity contribution is 7.18. The van der Waals surface area contributed by atoms with Crippen molar-refractivity contribution in [1.29, 1.82) is 5.26 Å². The lowest BCUT2D eigenvalue weighted by Gasteiger charge is -2.06. The van der Waals surface area contributed by atoms with Crippen molar-refractivity contribution in [3.8, 4) is 6.07 Å². The van der Waals surface area contributed by atoms with Crippen molar-refractivity contribution in [3.63, 3.8) is 0 Å². The predicted octanol–water partition coefficient (Wildman–Crippen LogP) is 2.06. The molecule has 0 aromatic carbocycles. The van der Waals surface area contributed by atoms with Crippen LogP contribution >= 0.6 is 11.3 Å². The largest absolute Gasteiger partial charge is 0.465 e. The van der Waals surface area contributed by atoms with E-state index in [0.29, 0.717) is 16.5 Å². The number of hydrogen-bond acceptors (Lipinski definition) is 6. The van der Waals surface area contributed by atoms with Gasteiger partial charge in [-0.25, -0.2) is 4.79 Å². The van der Waals surface area contributed by atoms with Crippen LogP contribution in [-0.2, 0) is 4.74 Å². The summed E-state index contributed by atoms with van der Waals surface area (Å²) in [5.41, 5.74) is 6.25. The lowest BCUT2D eigenvalue weighted by Crippen LogP contribution is -2.07. The molecule has 3 N–H and O–H groups in total. The predicted molar refractivity (Wildman–Crippen MR) is 68.1 cm³/mol. The molecule has 0 aliphatic carbocycles. The minimum atomic E-state index is -0.512. The maximum atomic E-state index is 11.4. The van der Waals surface area contributed by atoms with Crippen LogP contribution in [0.5, 0.6) is 0 Å². The van der Waals surface area contributed by atoms with Crippen LogP contribution in [0.3, 0.4) is 0 Å². The Morgan fingerprint density at radius 1 is 1.65 bits per heavy atom. The van der Waals surface area contributed by atoms with Gasteiger partial charge in [-0.2, -0.15) is 5.26 Å². The highest BCUT2D eigenvalue weighted by atomic mass is 32.1. The molecule has 0 radical (unpaired) electrons. The molecule has 0 saturated carbocycles. The number of ether oxygens (including phenoxy) is 1. The topological polar surface area (TPSA) is 88.1 Å². The summed E-state index contributed by atoms with van der Waals surface area (Å²) in [7, 11) is 1.29. The number of carbonyl (C=O) groups excluding carboxylic acids is 1. The molecule has 0 spiro atoms. The third-order valence-electron chi connectivity index (χ3n) is 2.10. The maximum Gasteiger partial charge on any atom is 0.350 e. The molecule has 0 saturated heterocycles. The van der Waals surface area contributed by atoms with Crippen molar-refractivity contribution in [2.45, 2.75) is 13.8 Å². The Balaban J connectivity index is 3.06. The van der Waals surface area contributed by atoms with Gasteiger partial charge >= 0.3 is 5.97 Å². The molecule has 1 aromatic heterocycles. The van der Waals surface area contributed by atoms with E-state index in [0.717, 1.165) is 17.9 Å². The third kappa shape index (κ3) is 2.88. The van der Waals surface area contributed by atoms with Gasteiger partial charge < -0.3 is 15.8 Å². The summed E-state index contributed by atoms with van der Waals surface area (Å²) in [4.78, 5) is 11.7. The van der Waals surface area contributed by atoms with E-state index in [2.05, 4.69) is 23.9 Å². The van der Waals surface area contributed by atoms with Gasteiger partial charge in [0, 0.05) is 6.54 Å². The van der Waals surface area contributed by atoms with Gasteiger partial charge in [-0.15, -0.1) is 11.3 Å². The van der Waals surface area contributed by atoms with Crippen LogP contribution in [-0.4, -0.2) is 19.6 Å². The Morgan fingerprint density at radius 2 is 2.29 bits per heavy atom. The van der Waals surface area contributed by atoms with E-state index < -0.39 is 5.97 Å². The van der Waals surface area contributed by atoms with Crippen LogP contribution in [0.25, 0.3) is 0 Å². The van der Waals surface area contributed by atoms with E-state index in [1.807, 2.05) is 6.07 Å². The summed E-state index contributed by atoms with van der Waals surface area (Å²) in [6.45, 7) is 4.82. The second-order valence-electron chi connectivity index (χ2n) is 3.93. The number of esters is 1. The number of nitriles is 1. The van der Waals surface area contributed by atoms with Gasteiger partial charge in [0.1, 0.15) is 21.5 Å². The number of nitrogens with two attached hydrogens (primary N) is 1. The van der Waals surface area contributed by atoms with Gasteiger partial charge in [-0.05, 0) is 5.92 Å². The van der Waals surface area contributed by atoms with E-state index in [4.69, 9.17) is 11.0 Å². The van der Waals surface area contributed by atoms with Crippen molar-refractivity contribution in [1.82, 2.24) is 0 Å². The number of nitrogen functional groups attached to an aromatic ring is 1. The fourth-order valence-electron chi connectivity index (χ4n) is 1.22. The summed E-state index contributed by atoms with van der Waals surface area (Å²) in [5, 5.41) is 12.8. The number of carbonyl (C=O) groups is 1. The Morgan fingerprint density at radius 3 is 2.76 bits per heavy atom. The third-order valence-corrected chi connectivity index (χ3v) is 3.24. The van der Waals surface area contributed by atoms with Crippen LogP contribution < -0.4 is 11.1 Å². The molecule has 0 unspecified atom stereocenters. The molecule has 0 aliphatic heterocycles. The van der Waals surface area contributed by atoms with Crippen LogP contribution in [0.1, 0.15) is 29.1 Å². The molecule has 17 heavy (non-hydrogen) atoms. The van der Waals surface area contributed by atoms with E-state index in [9.17, 15) is 4.79 Å². The Bertz CT molecular complexity index is 460. The first-order valence-electron chi connectivity index (χ1n) is 5.15. The molecule has 1 aromatic rings. The van der Waals surface area contributed by atoms with Gasteiger partial charge in [0.05, 0.1) is 12.8 Å². The molecule has 6 heteroatoms. The number of nitrogens with one attached hydrogen (secondary N) is 1. The summed E-state index contributed by atoms with van der Waals surface area (Å²) >= 11 is 1.15. The minimum Gasteiger partial charge on any atom is -0.465 e. The van der Waals surface area contributed by atoms with Crippen LogP contribution in [0.2, 0.25) is 0 Å². The first kappa shape index (κ1) is 13.3. The quantitative estimate of drug-likeness (QED) is 0.802. The molecule has 92 valence electrons. The second-order valence-corrected chi connectivity index (χ2v) is 4.95. The number of nitrogens with zero attached hydrogens (tertiary/aromatic N) is 1. The lowest BCUT2D eigenvalue weighted by atomic mass is 10.2. The SMILES string of the molecule is COC(=O)c1sc(NCC(C)C)c(C#N)c1N. The van der Waals surface area contributed by atoms with Gasteiger partial charge in [-0.3, -0.25) is 0 Å². The fraction of sp³-hybridized carbons (Fsp3) is 0.455. The molecule has 5 nitrogen and oxygen atoms in total. The zero-order chi connectivity index (χ0) is 13.0. The van der Waals surface area contributed by atoms with Crippen LogP contribution in [0, 0.1) is 17.2 Å². The van der Waals surface area contributed by atoms with Crippen molar-refractivity contribution in [3.05, 3.63) is 10.4 Å². The standard InChI is InChI=1S/C11H15N3O2S/c1-6(2)5-14-10-7(4-12)8(13)9(17-10)11(15)16-3/h6,14H,5,13H2,1-3H3. The van der Waals surface area contributed by atoms with E-state index >= 15 is 0 Å². The minimum absolute atomic E-state index is 0.190. The number of rotatable bonds is 4. The fourth-order valence-corrected chi connectivity index (χ4v) is 2.22. The van der Waals surface area contributed by atoms with Crippen molar-refractivity contribution in [2.24, 2.45) is 5.92 Å².